The third-order valence-corrected chi connectivity index (χ3v) is 4.24. The predicted molar refractivity (Wildman–Crippen MR) is 86.0 cm³/mol. The summed E-state index contributed by atoms with van der Waals surface area (Å²) >= 11 is 0. The molecule has 1 heterocycles. The lowest BCUT2D eigenvalue weighted by molar-refractivity contribution is 0.368. The Kier molecular flexibility index (Phi) is 5.18. The van der Waals surface area contributed by atoms with Gasteiger partial charge < -0.3 is 5.32 Å². The Bertz CT molecular complexity index is 544. The normalized spacial score (nSPS) is 14.6. The van der Waals surface area contributed by atoms with Gasteiger partial charge >= 0.3 is 0 Å². The quantitative estimate of drug-likeness (QED) is 0.835. The first-order valence-corrected chi connectivity index (χ1v) is 7.89. The standard InChI is InChI=1S/C17H27N3/c1-5-13(4)15(18-6-2)12-16-14-10-8-9-11-17(14)20(7-3)19-16/h8-11,13,15,18H,5-7,12H2,1-4H3. The lowest BCUT2D eigenvalue weighted by Crippen LogP contribution is -2.36. The van der Waals surface area contributed by atoms with Crippen molar-refractivity contribution in [1.82, 2.24) is 15.1 Å². The number of hydrogen-bond acceptors (Lipinski definition) is 2. The van der Waals surface area contributed by atoms with E-state index in [2.05, 4.69) is 62.0 Å². The van der Waals surface area contributed by atoms with Gasteiger partial charge in [0, 0.05) is 24.4 Å². The van der Waals surface area contributed by atoms with Gasteiger partial charge in [-0.05, 0) is 25.5 Å². The number of nitrogens with one attached hydrogen (secondary N) is 1. The van der Waals surface area contributed by atoms with E-state index in [0.29, 0.717) is 12.0 Å². The summed E-state index contributed by atoms with van der Waals surface area (Å²) in [6, 6.07) is 9.08. The molecule has 1 N–H and O–H groups in total. The van der Waals surface area contributed by atoms with Gasteiger partial charge in [0.2, 0.25) is 0 Å². The van der Waals surface area contributed by atoms with Crippen molar-refractivity contribution in [3.8, 4) is 0 Å². The molecule has 0 saturated heterocycles. The summed E-state index contributed by atoms with van der Waals surface area (Å²) in [6.07, 6.45) is 2.21. The summed E-state index contributed by atoms with van der Waals surface area (Å²) < 4.78 is 2.12. The van der Waals surface area contributed by atoms with E-state index in [1.807, 2.05) is 0 Å². The average molecular weight is 273 g/mol. The third kappa shape index (κ3) is 3.04. The van der Waals surface area contributed by atoms with Crippen LogP contribution < -0.4 is 5.32 Å². The van der Waals surface area contributed by atoms with E-state index in [1.54, 1.807) is 0 Å². The largest absolute Gasteiger partial charge is 0.314 e. The maximum absolute atomic E-state index is 4.82. The highest BCUT2D eigenvalue weighted by Crippen LogP contribution is 2.22. The Morgan fingerprint density at radius 2 is 1.95 bits per heavy atom. The molecule has 0 spiro atoms. The molecule has 0 aliphatic heterocycles. The van der Waals surface area contributed by atoms with Crippen LogP contribution in [0.3, 0.4) is 0 Å². The van der Waals surface area contributed by atoms with E-state index in [-0.39, 0.29) is 0 Å². The van der Waals surface area contributed by atoms with Crippen LogP contribution in [0.4, 0.5) is 0 Å². The molecular formula is C17H27N3. The van der Waals surface area contributed by atoms with Gasteiger partial charge in [0.15, 0.2) is 0 Å². The zero-order valence-corrected chi connectivity index (χ0v) is 13.2. The van der Waals surface area contributed by atoms with Gasteiger partial charge in [-0.3, -0.25) is 4.68 Å². The summed E-state index contributed by atoms with van der Waals surface area (Å²) in [5, 5.41) is 9.75. The first-order chi connectivity index (χ1) is 9.71. The van der Waals surface area contributed by atoms with Crippen molar-refractivity contribution in [3.63, 3.8) is 0 Å². The molecule has 2 atom stereocenters. The van der Waals surface area contributed by atoms with Crippen molar-refractivity contribution in [2.75, 3.05) is 6.54 Å². The summed E-state index contributed by atoms with van der Waals surface area (Å²) in [4.78, 5) is 0. The van der Waals surface area contributed by atoms with Gasteiger partial charge in [-0.15, -0.1) is 0 Å². The molecular weight excluding hydrogens is 246 g/mol. The van der Waals surface area contributed by atoms with Crippen molar-refractivity contribution in [3.05, 3.63) is 30.0 Å². The van der Waals surface area contributed by atoms with Crippen molar-refractivity contribution < 1.29 is 0 Å². The molecule has 0 bridgehead atoms. The van der Waals surface area contributed by atoms with E-state index in [0.717, 1.165) is 19.5 Å². The van der Waals surface area contributed by atoms with E-state index >= 15 is 0 Å². The van der Waals surface area contributed by atoms with Gasteiger partial charge in [-0.1, -0.05) is 45.4 Å². The summed E-state index contributed by atoms with van der Waals surface area (Å²) in [6.45, 7) is 10.9. The fourth-order valence-electron chi connectivity index (χ4n) is 2.82. The molecule has 0 fully saturated rings. The molecule has 1 aromatic carbocycles. The minimum Gasteiger partial charge on any atom is -0.314 e. The third-order valence-electron chi connectivity index (χ3n) is 4.24. The lowest BCUT2D eigenvalue weighted by Gasteiger charge is -2.23. The Morgan fingerprint density at radius 3 is 2.60 bits per heavy atom. The number of fused-ring (bicyclic) bond motifs is 1. The summed E-state index contributed by atoms with van der Waals surface area (Å²) in [7, 11) is 0. The average Bonchev–Trinajstić information content (AvgIpc) is 2.84. The Labute approximate surface area is 122 Å². The van der Waals surface area contributed by atoms with Crippen LogP contribution in [0.2, 0.25) is 0 Å². The van der Waals surface area contributed by atoms with Gasteiger partial charge in [-0.2, -0.15) is 5.10 Å². The van der Waals surface area contributed by atoms with Gasteiger partial charge in [0.1, 0.15) is 0 Å². The lowest BCUT2D eigenvalue weighted by atomic mass is 9.94. The van der Waals surface area contributed by atoms with Gasteiger partial charge in [0.25, 0.3) is 0 Å². The molecule has 3 heteroatoms. The number of aromatic nitrogens is 2. The predicted octanol–water partition coefficient (Wildman–Crippen LogP) is 3.62. The molecule has 0 aliphatic carbocycles. The second-order valence-electron chi connectivity index (χ2n) is 5.53. The Balaban J connectivity index is 2.32. The van der Waals surface area contributed by atoms with Crippen LogP contribution in [0.25, 0.3) is 10.9 Å². The first-order valence-electron chi connectivity index (χ1n) is 7.89. The molecule has 2 unspecified atom stereocenters. The van der Waals surface area contributed by atoms with Crippen molar-refractivity contribution in [1.29, 1.82) is 0 Å². The number of aryl methyl sites for hydroxylation is 1. The topological polar surface area (TPSA) is 29.9 Å². The zero-order valence-electron chi connectivity index (χ0n) is 13.2. The molecule has 1 aromatic heterocycles. The van der Waals surface area contributed by atoms with Crippen molar-refractivity contribution in [2.45, 2.75) is 53.1 Å². The zero-order chi connectivity index (χ0) is 14.5. The number of para-hydroxylation sites is 1. The van der Waals surface area contributed by atoms with Gasteiger partial charge in [0.05, 0.1) is 11.2 Å². The Hall–Kier alpha value is -1.35. The SMILES string of the molecule is CCNC(Cc1nn(CC)c2ccccc12)C(C)CC. The maximum atomic E-state index is 4.82. The minimum absolute atomic E-state index is 0.508. The highest BCUT2D eigenvalue weighted by molar-refractivity contribution is 5.82. The van der Waals surface area contributed by atoms with E-state index < -0.39 is 0 Å². The van der Waals surface area contributed by atoms with E-state index in [4.69, 9.17) is 5.10 Å². The van der Waals surface area contributed by atoms with Gasteiger partial charge in [-0.25, -0.2) is 0 Å². The maximum Gasteiger partial charge on any atom is 0.0718 e. The molecule has 20 heavy (non-hydrogen) atoms. The summed E-state index contributed by atoms with van der Waals surface area (Å²) in [5.41, 5.74) is 2.48. The van der Waals surface area contributed by atoms with Crippen LogP contribution >= 0.6 is 0 Å². The van der Waals surface area contributed by atoms with Crippen LogP contribution in [0, 0.1) is 5.92 Å². The second kappa shape index (κ2) is 6.89. The summed E-state index contributed by atoms with van der Waals surface area (Å²) in [5.74, 6) is 0.667. The van der Waals surface area contributed by atoms with E-state index in [9.17, 15) is 0 Å². The fraction of sp³-hybridized carbons (Fsp3) is 0.588. The number of rotatable bonds is 7. The van der Waals surface area contributed by atoms with Crippen LogP contribution in [0.1, 0.15) is 39.8 Å². The molecule has 2 aromatic rings. The molecule has 110 valence electrons. The number of nitrogens with zero attached hydrogens (tertiary/aromatic N) is 2. The molecule has 2 rings (SSSR count). The van der Waals surface area contributed by atoms with Crippen molar-refractivity contribution in [2.24, 2.45) is 5.92 Å². The van der Waals surface area contributed by atoms with Crippen LogP contribution in [0.15, 0.2) is 24.3 Å². The number of hydrogen-bond donors (Lipinski definition) is 1. The van der Waals surface area contributed by atoms with Crippen LogP contribution in [-0.2, 0) is 13.0 Å². The number of benzene rings is 1. The first kappa shape index (κ1) is 15.0. The highest BCUT2D eigenvalue weighted by Gasteiger charge is 2.19. The molecule has 0 aliphatic rings. The molecule has 0 saturated carbocycles. The number of likely N-dealkylation sites (N-methyl/N-ethyl adjacent to an activating group) is 1. The van der Waals surface area contributed by atoms with E-state index in [1.165, 1.54) is 23.0 Å². The fourth-order valence-corrected chi connectivity index (χ4v) is 2.82. The smallest absolute Gasteiger partial charge is 0.0718 e. The van der Waals surface area contributed by atoms with Crippen LogP contribution in [0.5, 0.6) is 0 Å². The molecule has 3 nitrogen and oxygen atoms in total. The monoisotopic (exact) mass is 273 g/mol. The molecule has 0 amide bonds. The van der Waals surface area contributed by atoms with Crippen molar-refractivity contribution >= 4 is 10.9 Å². The Morgan fingerprint density at radius 1 is 1.20 bits per heavy atom. The van der Waals surface area contributed by atoms with Crippen LogP contribution in [-0.4, -0.2) is 22.4 Å². The minimum atomic E-state index is 0.508. The molecule has 0 radical (unpaired) electrons. The second-order valence-corrected chi connectivity index (χ2v) is 5.53. The highest BCUT2D eigenvalue weighted by atomic mass is 15.3.